The van der Waals surface area contributed by atoms with Gasteiger partial charge in [-0.3, -0.25) is 14.6 Å². The number of amides is 1. The molecule has 1 fully saturated rings. The zero-order valence-electron chi connectivity index (χ0n) is 19.5. The number of benzene rings is 4. The van der Waals surface area contributed by atoms with E-state index in [9.17, 15) is 4.79 Å². The predicted octanol–water partition coefficient (Wildman–Crippen LogP) is 6.62. The standard InChI is InChI=1S/C31H24N2O2S/c34-29-28-26(22-13-5-1-6-14-22)21-27(23-15-7-2-8-16-23)35-30(28)33(25-19-11-4-12-20-25)31(36)32(29)24-17-9-3-10-18-24/h1-21,26,28,30H. The Morgan fingerprint density at radius 1 is 0.667 bits per heavy atom. The number of carbonyl (C=O) groups excluding carboxylic acids is 1. The molecule has 4 aromatic carbocycles. The fourth-order valence-electron chi connectivity index (χ4n) is 5.04. The van der Waals surface area contributed by atoms with E-state index in [1.165, 1.54) is 0 Å². The molecule has 36 heavy (non-hydrogen) atoms. The van der Waals surface area contributed by atoms with Crippen molar-refractivity contribution in [2.24, 2.45) is 5.92 Å². The van der Waals surface area contributed by atoms with Gasteiger partial charge in [-0.2, -0.15) is 0 Å². The molecule has 2 aliphatic heterocycles. The van der Waals surface area contributed by atoms with E-state index in [2.05, 4.69) is 18.2 Å². The van der Waals surface area contributed by atoms with Crippen molar-refractivity contribution in [2.75, 3.05) is 9.80 Å². The number of fused-ring (bicyclic) bond motifs is 1. The number of nitrogens with zero attached hydrogens (tertiary/aromatic N) is 2. The van der Waals surface area contributed by atoms with Crippen LogP contribution in [0.15, 0.2) is 127 Å². The number of para-hydroxylation sites is 2. The zero-order chi connectivity index (χ0) is 24.5. The van der Waals surface area contributed by atoms with Gasteiger partial charge in [-0.25, -0.2) is 0 Å². The van der Waals surface area contributed by atoms with Crippen LogP contribution in [0, 0.1) is 5.92 Å². The first kappa shape index (κ1) is 22.3. The van der Waals surface area contributed by atoms with E-state index in [-0.39, 0.29) is 11.8 Å². The molecule has 3 atom stereocenters. The number of thiocarbonyl (C=S) groups is 1. The maximum atomic E-state index is 14.3. The summed E-state index contributed by atoms with van der Waals surface area (Å²) in [5.74, 6) is -0.0313. The lowest BCUT2D eigenvalue weighted by Crippen LogP contribution is -2.65. The molecule has 0 aliphatic carbocycles. The second kappa shape index (κ2) is 9.44. The lowest BCUT2D eigenvalue weighted by atomic mass is 9.79. The van der Waals surface area contributed by atoms with Crippen LogP contribution in [0.5, 0.6) is 0 Å². The average molecular weight is 489 g/mol. The number of allylic oxidation sites excluding steroid dienone is 1. The molecule has 176 valence electrons. The molecule has 0 spiro atoms. The molecule has 0 aromatic heterocycles. The van der Waals surface area contributed by atoms with Crippen LogP contribution in [-0.4, -0.2) is 17.2 Å². The van der Waals surface area contributed by atoms with Crippen LogP contribution in [0.25, 0.3) is 5.76 Å². The van der Waals surface area contributed by atoms with Gasteiger partial charge in [0.05, 0.1) is 5.69 Å². The molecular weight excluding hydrogens is 464 g/mol. The van der Waals surface area contributed by atoms with Gasteiger partial charge in [0.15, 0.2) is 11.3 Å². The average Bonchev–Trinajstić information content (AvgIpc) is 2.94. The Hall–Kier alpha value is -4.22. The summed E-state index contributed by atoms with van der Waals surface area (Å²) in [7, 11) is 0. The van der Waals surface area contributed by atoms with Crippen molar-refractivity contribution in [3.05, 3.63) is 139 Å². The molecule has 0 saturated carbocycles. The van der Waals surface area contributed by atoms with E-state index in [1.54, 1.807) is 4.90 Å². The maximum absolute atomic E-state index is 14.3. The summed E-state index contributed by atoms with van der Waals surface area (Å²) in [5, 5.41) is 0.403. The molecular formula is C31H24N2O2S. The lowest BCUT2D eigenvalue weighted by Gasteiger charge is -2.50. The van der Waals surface area contributed by atoms with Gasteiger partial charge in [-0.15, -0.1) is 0 Å². The smallest absolute Gasteiger partial charge is 0.243 e. The molecule has 4 aromatic rings. The Labute approximate surface area is 216 Å². The molecule has 0 radical (unpaired) electrons. The van der Waals surface area contributed by atoms with Crippen molar-refractivity contribution in [1.82, 2.24) is 0 Å². The first-order valence-corrected chi connectivity index (χ1v) is 12.4. The van der Waals surface area contributed by atoms with Gasteiger partial charge in [0.1, 0.15) is 11.7 Å². The predicted molar refractivity (Wildman–Crippen MR) is 147 cm³/mol. The van der Waals surface area contributed by atoms with Gasteiger partial charge in [0, 0.05) is 17.2 Å². The van der Waals surface area contributed by atoms with Crippen LogP contribution in [0.4, 0.5) is 11.4 Å². The highest BCUT2D eigenvalue weighted by atomic mass is 32.1. The van der Waals surface area contributed by atoms with Crippen molar-refractivity contribution >= 4 is 40.4 Å². The van der Waals surface area contributed by atoms with Crippen LogP contribution in [-0.2, 0) is 9.53 Å². The molecule has 2 heterocycles. The van der Waals surface area contributed by atoms with Crippen molar-refractivity contribution in [3.63, 3.8) is 0 Å². The van der Waals surface area contributed by atoms with Gasteiger partial charge < -0.3 is 4.74 Å². The number of carbonyl (C=O) groups is 1. The summed E-state index contributed by atoms with van der Waals surface area (Å²) >= 11 is 6.00. The Bertz CT molecular complexity index is 1410. The fraction of sp³-hybridized carbons (Fsp3) is 0.0968. The zero-order valence-corrected chi connectivity index (χ0v) is 20.3. The highest BCUT2D eigenvalue weighted by molar-refractivity contribution is 7.81. The van der Waals surface area contributed by atoms with Crippen LogP contribution >= 0.6 is 12.2 Å². The Balaban J connectivity index is 1.55. The molecule has 1 saturated heterocycles. The van der Waals surface area contributed by atoms with E-state index in [1.807, 2.05) is 114 Å². The molecule has 0 N–H and O–H groups in total. The summed E-state index contributed by atoms with van der Waals surface area (Å²) in [5.41, 5.74) is 3.66. The number of anilines is 2. The first-order chi connectivity index (χ1) is 17.7. The number of rotatable bonds is 4. The van der Waals surface area contributed by atoms with Gasteiger partial charge in [0.25, 0.3) is 0 Å². The van der Waals surface area contributed by atoms with E-state index in [4.69, 9.17) is 17.0 Å². The Morgan fingerprint density at radius 2 is 1.19 bits per heavy atom. The molecule has 3 unspecified atom stereocenters. The summed E-state index contributed by atoms with van der Waals surface area (Å²) in [6.45, 7) is 0. The van der Waals surface area contributed by atoms with Crippen molar-refractivity contribution in [3.8, 4) is 0 Å². The highest BCUT2D eigenvalue weighted by Gasteiger charge is 2.52. The fourth-order valence-corrected chi connectivity index (χ4v) is 5.45. The summed E-state index contributed by atoms with van der Waals surface area (Å²) < 4.78 is 6.67. The van der Waals surface area contributed by atoms with Crippen LogP contribution in [0.2, 0.25) is 0 Å². The molecule has 0 bridgehead atoms. The number of hydrogen-bond donors (Lipinski definition) is 0. The van der Waals surface area contributed by atoms with E-state index < -0.39 is 12.1 Å². The SMILES string of the molecule is O=C1C2C(c3ccccc3)C=C(c3ccccc3)OC2N(c2ccccc2)C(=S)N1c1ccccc1. The van der Waals surface area contributed by atoms with Crippen molar-refractivity contribution in [1.29, 1.82) is 0 Å². The summed E-state index contributed by atoms with van der Waals surface area (Å²) in [6.07, 6.45) is 1.49. The third kappa shape index (κ3) is 3.88. The molecule has 6 rings (SSSR count). The largest absolute Gasteiger partial charge is 0.469 e. The Kier molecular flexibility index (Phi) is 5.84. The van der Waals surface area contributed by atoms with Crippen LogP contribution in [0.1, 0.15) is 17.0 Å². The molecule has 5 heteroatoms. The monoisotopic (exact) mass is 488 g/mol. The third-order valence-corrected chi connectivity index (χ3v) is 7.10. The second-order valence-electron chi connectivity index (χ2n) is 8.86. The minimum Gasteiger partial charge on any atom is -0.469 e. The quantitative estimate of drug-likeness (QED) is 0.302. The van der Waals surface area contributed by atoms with Gasteiger partial charge in [-0.05, 0) is 48.1 Å². The lowest BCUT2D eigenvalue weighted by molar-refractivity contribution is -0.126. The normalized spacial score (nSPS) is 21.4. The molecule has 4 nitrogen and oxygen atoms in total. The van der Waals surface area contributed by atoms with E-state index in [0.29, 0.717) is 5.11 Å². The molecule has 2 aliphatic rings. The van der Waals surface area contributed by atoms with Gasteiger partial charge in [-0.1, -0.05) is 97.1 Å². The van der Waals surface area contributed by atoms with Crippen molar-refractivity contribution < 1.29 is 9.53 Å². The van der Waals surface area contributed by atoms with Gasteiger partial charge in [0.2, 0.25) is 5.91 Å². The van der Waals surface area contributed by atoms with Crippen LogP contribution < -0.4 is 9.80 Å². The topological polar surface area (TPSA) is 32.8 Å². The number of ether oxygens (including phenoxy) is 1. The minimum absolute atomic E-state index is 0.0689. The highest BCUT2D eigenvalue weighted by Crippen LogP contribution is 2.45. The van der Waals surface area contributed by atoms with Crippen molar-refractivity contribution in [2.45, 2.75) is 12.1 Å². The summed E-state index contributed by atoms with van der Waals surface area (Å²) in [6, 6.07) is 39.7. The van der Waals surface area contributed by atoms with E-state index >= 15 is 0 Å². The summed E-state index contributed by atoms with van der Waals surface area (Å²) in [4.78, 5) is 17.9. The number of hydrogen-bond acceptors (Lipinski definition) is 3. The van der Waals surface area contributed by atoms with Gasteiger partial charge >= 0.3 is 0 Å². The Morgan fingerprint density at radius 3 is 1.81 bits per heavy atom. The molecule has 1 amide bonds. The van der Waals surface area contributed by atoms with Crippen LogP contribution in [0.3, 0.4) is 0 Å². The van der Waals surface area contributed by atoms with E-state index in [0.717, 1.165) is 28.3 Å². The third-order valence-electron chi connectivity index (χ3n) is 6.72. The minimum atomic E-state index is -0.599. The maximum Gasteiger partial charge on any atom is 0.243 e. The second-order valence-corrected chi connectivity index (χ2v) is 9.23. The first-order valence-electron chi connectivity index (χ1n) is 12.0.